The molecule has 0 aliphatic heterocycles. The van der Waals surface area contributed by atoms with Gasteiger partial charge >= 0.3 is 0 Å². The highest BCUT2D eigenvalue weighted by Crippen LogP contribution is 2.28. The van der Waals surface area contributed by atoms with Gasteiger partial charge in [0.05, 0.1) is 12.9 Å². The molecule has 1 heterocycles. The summed E-state index contributed by atoms with van der Waals surface area (Å²) in [5.74, 6) is 2.47. The molecule has 0 amide bonds. The van der Waals surface area contributed by atoms with Crippen LogP contribution in [0.2, 0.25) is 0 Å². The first-order valence-electron chi connectivity index (χ1n) is 7.04. The number of thioether (sulfide) groups is 1. The van der Waals surface area contributed by atoms with Gasteiger partial charge in [0.25, 0.3) is 0 Å². The Hall–Kier alpha value is -2.20. The van der Waals surface area contributed by atoms with Crippen LogP contribution in [0.15, 0.2) is 64.0 Å². The second-order valence-corrected chi connectivity index (χ2v) is 6.06. The number of aromatic nitrogens is 1. The van der Waals surface area contributed by atoms with Crippen molar-refractivity contribution in [2.45, 2.75) is 17.6 Å². The lowest BCUT2D eigenvalue weighted by Crippen LogP contribution is -1.82. The van der Waals surface area contributed by atoms with Crippen LogP contribution in [0, 0.1) is 6.92 Å². The largest absolute Gasteiger partial charge is 0.497 e. The Labute approximate surface area is 134 Å². The van der Waals surface area contributed by atoms with Crippen LogP contribution in [0.1, 0.15) is 11.3 Å². The number of rotatable bonds is 5. The molecule has 0 atom stereocenters. The third-order valence-corrected chi connectivity index (χ3v) is 4.34. The van der Waals surface area contributed by atoms with Gasteiger partial charge in [0.1, 0.15) is 17.2 Å². The average molecular weight is 311 g/mol. The minimum Gasteiger partial charge on any atom is -0.497 e. The maximum Gasteiger partial charge on any atom is 0.147 e. The van der Waals surface area contributed by atoms with Gasteiger partial charge in [0, 0.05) is 16.5 Å². The average Bonchev–Trinajstić information content (AvgIpc) is 3.03. The van der Waals surface area contributed by atoms with E-state index in [0.29, 0.717) is 0 Å². The summed E-state index contributed by atoms with van der Waals surface area (Å²) < 4.78 is 10.7. The van der Waals surface area contributed by atoms with Crippen molar-refractivity contribution < 1.29 is 9.26 Å². The lowest BCUT2D eigenvalue weighted by Gasteiger charge is -2.02. The number of ether oxygens (including phenoxy) is 1. The number of nitrogens with zero attached hydrogens (tertiary/aromatic N) is 1. The van der Waals surface area contributed by atoms with Crippen LogP contribution in [-0.2, 0) is 5.75 Å². The molecule has 3 rings (SSSR count). The van der Waals surface area contributed by atoms with Crippen molar-refractivity contribution >= 4 is 11.8 Å². The van der Waals surface area contributed by atoms with Crippen LogP contribution in [-0.4, -0.2) is 12.3 Å². The summed E-state index contributed by atoms with van der Waals surface area (Å²) in [5, 5.41) is 4.15. The summed E-state index contributed by atoms with van der Waals surface area (Å²) >= 11 is 1.70. The van der Waals surface area contributed by atoms with Gasteiger partial charge in [-0.05, 0) is 25.1 Å². The van der Waals surface area contributed by atoms with Gasteiger partial charge < -0.3 is 9.26 Å². The molecule has 0 fully saturated rings. The van der Waals surface area contributed by atoms with Gasteiger partial charge in [-0.2, -0.15) is 0 Å². The van der Waals surface area contributed by atoms with E-state index in [2.05, 4.69) is 42.4 Å². The molecule has 0 spiro atoms. The molecule has 22 heavy (non-hydrogen) atoms. The van der Waals surface area contributed by atoms with E-state index < -0.39 is 0 Å². The lowest BCUT2D eigenvalue weighted by molar-refractivity contribution is 0.397. The van der Waals surface area contributed by atoms with Gasteiger partial charge in [0.15, 0.2) is 0 Å². The first kappa shape index (κ1) is 14.7. The van der Waals surface area contributed by atoms with E-state index in [1.807, 2.05) is 24.3 Å². The number of hydrogen-bond acceptors (Lipinski definition) is 4. The first-order valence-corrected chi connectivity index (χ1v) is 8.02. The van der Waals surface area contributed by atoms with Crippen molar-refractivity contribution in [1.29, 1.82) is 0 Å². The van der Waals surface area contributed by atoms with Crippen molar-refractivity contribution in [3.63, 3.8) is 0 Å². The van der Waals surface area contributed by atoms with Crippen molar-refractivity contribution in [2.75, 3.05) is 7.11 Å². The van der Waals surface area contributed by atoms with Crippen LogP contribution >= 0.6 is 11.8 Å². The molecule has 0 radical (unpaired) electrons. The smallest absolute Gasteiger partial charge is 0.147 e. The molecule has 0 aliphatic carbocycles. The Morgan fingerprint density at radius 2 is 1.91 bits per heavy atom. The third kappa shape index (κ3) is 3.52. The van der Waals surface area contributed by atoms with Gasteiger partial charge in [-0.1, -0.05) is 41.1 Å². The fourth-order valence-electron chi connectivity index (χ4n) is 2.09. The zero-order chi connectivity index (χ0) is 15.4. The standard InChI is InChI=1S/C18H17NO2S/c1-13-6-8-14(9-7-13)18-11-16(21-19-18)12-22-17-5-3-4-15(10-17)20-2/h3-11H,12H2,1-2H3. The van der Waals surface area contributed by atoms with Crippen molar-refractivity contribution in [1.82, 2.24) is 5.16 Å². The summed E-state index contributed by atoms with van der Waals surface area (Å²) in [6, 6.07) is 18.3. The topological polar surface area (TPSA) is 35.3 Å². The normalized spacial score (nSPS) is 10.6. The highest BCUT2D eigenvalue weighted by atomic mass is 32.2. The molecule has 3 nitrogen and oxygen atoms in total. The SMILES string of the molecule is COc1cccc(SCc2cc(-c3ccc(C)cc3)no2)c1. The molecule has 2 aromatic carbocycles. The summed E-state index contributed by atoms with van der Waals surface area (Å²) in [4.78, 5) is 1.15. The van der Waals surface area contributed by atoms with E-state index in [4.69, 9.17) is 9.26 Å². The van der Waals surface area contributed by atoms with E-state index in [-0.39, 0.29) is 0 Å². The maximum atomic E-state index is 5.43. The second kappa shape index (κ2) is 6.71. The molecule has 4 heteroatoms. The van der Waals surface area contributed by atoms with Gasteiger partial charge in [-0.25, -0.2) is 0 Å². The molecular weight excluding hydrogens is 294 g/mol. The molecule has 0 aliphatic rings. The molecule has 0 saturated carbocycles. The van der Waals surface area contributed by atoms with Gasteiger partial charge in [0.2, 0.25) is 0 Å². The van der Waals surface area contributed by atoms with Crippen LogP contribution in [0.25, 0.3) is 11.3 Å². The van der Waals surface area contributed by atoms with Crippen molar-refractivity contribution in [3.8, 4) is 17.0 Å². The van der Waals surface area contributed by atoms with Crippen LogP contribution in [0.4, 0.5) is 0 Å². The van der Waals surface area contributed by atoms with E-state index in [9.17, 15) is 0 Å². The first-order chi connectivity index (χ1) is 10.7. The zero-order valence-corrected chi connectivity index (χ0v) is 13.4. The summed E-state index contributed by atoms with van der Waals surface area (Å²) in [7, 11) is 1.67. The van der Waals surface area contributed by atoms with Crippen molar-refractivity contribution in [2.24, 2.45) is 0 Å². The predicted octanol–water partition coefficient (Wildman–Crippen LogP) is 4.95. The van der Waals surface area contributed by atoms with Crippen LogP contribution in [0.3, 0.4) is 0 Å². The Balaban J connectivity index is 1.67. The summed E-state index contributed by atoms with van der Waals surface area (Å²) in [6.07, 6.45) is 0. The lowest BCUT2D eigenvalue weighted by atomic mass is 10.1. The third-order valence-electron chi connectivity index (χ3n) is 3.33. The number of benzene rings is 2. The highest BCUT2D eigenvalue weighted by molar-refractivity contribution is 7.98. The van der Waals surface area contributed by atoms with Crippen LogP contribution < -0.4 is 4.74 Å². The number of hydrogen-bond donors (Lipinski definition) is 0. The Bertz CT molecular complexity index is 750. The Morgan fingerprint density at radius 1 is 1.09 bits per heavy atom. The fraction of sp³-hybridized carbons (Fsp3) is 0.167. The molecule has 112 valence electrons. The summed E-state index contributed by atoms with van der Waals surface area (Å²) in [5.41, 5.74) is 3.19. The highest BCUT2D eigenvalue weighted by Gasteiger charge is 2.07. The van der Waals surface area contributed by atoms with Gasteiger partial charge in [-0.15, -0.1) is 11.8 Å². The fourth-order valence-corrected chi connectivity index (χ4v) is 2.91. The number of aryl methyl sites for hydroxylation is 1. The van der Waals surface area contributed by atoms with Gasteiger partial charge in [-0.3, -0.25) is 0 Å². The molecule has 0 bridgehead atoms. The Morgan fingerprint density at radius 3 is 2.68 bits per heavy atom. The molecule has 0 saturated heterocycles. The second-order valence-electron chi connectivity index (χ2n) is 5.01. The van der Waals surface area contributed by atoms with Crippen molar-refractivity contribution in [3.05, 3.63) is 65.9 Å². The summed E-state index contributed by atoms with van der Waals surface area (Å²) in [6.45, 7) is 2.07. The monoisotopic (exact) mass is 311 g/mol. The molecular formula is C18H17NO2S. The Kier molecular flexibility index (Phi) is 4.49. The van der Waals surface area contributed by atoms with E-state index >= 15 is 0 Å². The molecule has 0 unspecified atom stereocenters. The molecule has 3 aromatic rings. The molecule has 1 aromatic heterocycles. The minimum atomic E-state index is 0.742. The van der Waals surface area contributed by atoms with E-state index in [0.717, 1.165) is 33.4 Å². The molecule has 0 N–H and O–H groups in total. The predicted molar refractivity (Wildman–Crippen MR) is 89.2 cm³/mol. The zero-order valence-electron chi connectivity index (χ0n) is 12.6. The quantitative estimate of drug-likeness (QED) is 0.624. The van der Waals surface area contributed by atoms with E-state index in [1.165, 1.54) is 5.56 Å². The van der Waals surface area contributed by atoms with E-state index in [1.54, 1.807) is 18.9 Å². The van der Waals surface area contributed by atoms with Crippen LogP contribution in [0.5, 0.6) is 5.75 Å². The minimum absolute atomic E-state index is 0.742. The maximum absolute atomic E-state index is 5.43. The number of methoxy groups -OCH3 is 1.